The molecule has 0 unspecified atom stereocenters. The molecule has 3 nitrogen and oxygen atoms in total. The minimum Gasteiger partial charge on any atom is -0.290 e. The summed E-state index contributed by atoms with van der Waals surface area (Å²) in [6, 6.07) is 1.55. The Morgan fingerprint density at radius 2 is 1.61 bits per heavy atom. The molecule has 0 bridgehead atoms. The lowest BCUT2D eigenvalue weighted by Gasteiger charge is -2.18. The number of nitrogen functional groups attached to an aromatic ring is 1. The third-order valence-corrected chi connectivity index (χ3v) is 2.03. The molecule has 1 rings (SSSR count). The van der Waals surface area contributed by atoms with E-state index in [1.165, 1.54) is 5.43 Å². The lowest BCUT2D eigenvalue weighted by atomic mass is 9.99. The van der Waals surface area contributed by atoms with Crippen LogP contribution in [0.1, 0.15) is 21.5 Å². The molecule has 0 aliphatic carbocycles. The number of halogens is 6. The monoisotopic (exact) mass is 272 g/mol. The van der Waals surface area contributed by atoms with Gasteiger partial charge in [-0.1, -0.05) is 6.07 Å². The molecule has 0 saturated carbocycles. The molecule has 1 aromatic carbocycles. The molecule has 3 N–H and O–H groups in total. The van der Waals surface area contributed by atoms with Crippen LogP contribution in [0.2, 0.25) is 0 Å². The number of hydrogen-bond donors (Lipinski definition) is 2. The van der Waals surface area contributed by atoms with Gasteiger partial charge in [0.2, 0.25) is 0 Å². The van der Waals surface area contributed by atoms with Crippen molar-refractivity contribution >= 4 is 5.91 Å². The summed E-state index contributed by atoms with van der Waals surface area (Å²) in [6.07, 6.45) is -10.6. The first-order chi connectivity index (χ1) is 8.09. The lowest BCUT2D eigenvalue weighted by Crippen LogP contribution is -2.33. The SMILES string of the molecule is NNC(=O)c1cccc(C(F)(F)F)c1C(F)(F)F. The van der Waals surface area contributed by atoms with Crippen LogP contribution < -0.4 is 11.3 Å². The average molecular weight is 272 g/mol. The minimum absolute atomic E-state index is 0.246. The van der Waals surface area contributed by atoms with Gasteiger partial charge in [0, 0.05) is 0 Å². The number of rotatable bonds is 1. The van der Waals surface area contributed by atoms with Gasteiger partial charge < -0.3 is 0 Å². The summed E-state index contributed by atoms with van der Waals surface area (Å²) in [5, 5.41) is 0. The van der Waals surface area contributed by atoms with Crippen LogP contribution in [0.4, 0.5) is 26.3 Å². The van der Waals surface area contributed by atoms with E-state index < -0.39 is 35.0 Å². The van der Waals surface area contributed by atoms with Crippen molar-refractivity contribution < 1.29 is 31.1 Å². The summed E-state index contributed by atoms with van der Waals surface area (Å²) in [4.78, 5) is 11.1. The first kappa shape index (κ1) is 14.3. The molecule has 0 aromatic heterocycles. The number of nitrogens with one attached hydrogen (secondary N) is 1. The highest BCUT2D eigenvalue weighted by Gasteiger charge is 2.45. The van der Waals surface area contributed by atoms with Gasteiger partial charge in [-0.25, -0.2) is 5.84 Å². The van der Waals surface area contributed by atoms with E-state index in [4.69, 9.17) is 0 Å². The molecule has 0 fully saturated rings. The van der Waals surface area contributed by atoms with Gasteiger partial charge in [0.05, 0.1) is 16.7 Å². The summed E-state index contributed by atoms with van der Waals surface area (Å²) >= 11 is 0. The molecule has 1 aromatic rings. The van der Waals surface area contributed by atoms with Crippen LogP contribution in [0.3, 0.4) is 0 Å². The number of hydrazine groups is 1. The fourth-order valence-electron chi connectivity index (χ4n) is 1.36. The zero-order chi connectivity index (χ0) is 14.1. The van der Waals surface area contributed by atoms with Crippen molar-refractivity contribution in [2.24, 2.45) is 5.84 Å². The Balaban J connectivity index is 3.61. The second-order valence-corrected chi connectivity index (χ2v) is 3.20. The Hall–Kier alpha value is -1.77. The number of nitrogens with two attached hydrogens (primary N) is 1. The Labute approximate surface area is 96.5 Å². The van der Waals surface area contributed by atoms with Crippen molar-refractivity contribution in [1.82, 2.24) is 5.43 Å². The Bertz CT molecular complexity index is 465. The van der Waals surface area contributed by atoms with Gasteiger partial charge in [-0.15, -0.1) is 0 Å². The predicted octanol–water partition coefficient (Wildman–Crippen LogP) is 2.33. The van der Waals surface area contributed by atoms with E-state index in [-0.39, 0.29) is 6.07 Å². The normalized spacial score (nSPS) is 12.4. The first-order valence-corrected chi connectivity index (χ1v) is 4.37. The van der Waals surface area contributed by atoms with E-state index in [9.17, 15) is 31.1 Å². The highest BCUT2D eigenvalue weighted by molar-refractivity contribution is 5.95. The van der Waals surface area contributed by atoms with Crippen LogP contribution in [0, 0.1) is 0 Å². The van der Waals surface area contributed by atoms with Crippen LogP contribution >= 0.6 is 0 Å². The second-order valence-electron chi connectivity index (χ2n) is 3.20. The second kappa shape index (κ2) is 4.48. The molecule has 18 heavy (non-hydrogen) atoms. The number of amides is 1. The molecule has 0 saturated heterocycles. The number of carbonyl (C=O) groups is 1. The Kier molecular flexibility index (Phi) is 3.56. The first-order valence-electron chi connectivity index (χ1n) is 4.37. The van der Waals surface area contributed by atoms with Gasteiger partial charge in [0.25, 0.3) is 5.91 Å². The third kappa shape index (κ3) is 2.73. The standard InChI is InChI=1S/C9H6F6N2O/c10-8(11,12)5-3-1-2-4(7(18)17-16)6(5)9(13,14)15/h1-3H,16H2,(H,17,18). The van der Waals surface area contributed by atoms with Gasteiger partial charge in [-0.05, 0) is 12.1 Å². The number of alkyl halides is 6. The zero-order valence-electron chi connectivity index (χ0n) is 8.49. The molecule has 0 spiro atoms. The van der Waals surface area contributed by atoms with Crippen LogP contribution in [0.5, 0.6) is 0 Å². The lowest BCUT2D eigenvalue weighted by molar-refractivity contribution is -0.162. The third-order valence-electron chi connectivity index (χ3n) is 2.03. The average Bonchev–Trinajstić information content (AvgIpc) is 2.24. The maximum absolute atomic E-state index is 12.6. The summed E-state index contributed by atoms with van der Waals surface area (Å²) < 4.78 is 75.2. The molecule has 0 heterocycles. The number of benzene rings is 1. The number of carbonyl (C=O) groups excluding carboxylic acids is 1. The van der Waals surface area contributed by atoms with Crippen LogP contribution in [0.15, 0.2) is 18.2 Å². The molecule has 1 amide bonds. The van der Waals surface area contributed by atoms with Crippen molar-refractivity contribution in [3.8, 4) is 0 Å². The fraction of sp³-hybridized carbons (Fsp3) is 0.222. The van der Waals surface area contributed by atoms with E-state index in [0.717, 1.165) is 0 Å². The molecule has 100 valence electrons. The van der Waals surface area contributed by atoms with Gasteiger partial charge >= 0.3 is 12.4 Å². The number of hydrogen-bond acceptors (Lipinski definition) is 2. The summed E-state index contributed by atoms with van der Waals surface area (Å²) in [7, 11) is 0. The Morgan fingerprint density at radius 1 is 1.06 bits per heavy atom. The zero-order valence-corrected chi connectivity index (χ0v) is 8.49. The van der Waals surface area contributed by atoms with Crippen molar-refractivity contribution in [2.75, 3.05) is 0 Å². The smallest absolute Gasteiger partial charge is 0.290 e. The van der Waals surface area contributed by atoms with E-state index >= 15 is 0 Å². The van der Waals surface area contributed by atoms with E-state index in [2.05, 4.69) is 5.84 Å². The topological polar surface area (TPSA) is 55.1 Å². The highest BCUT2D eigenvalue weighted by atomic mass is 19.4. The fourth-order valence-corrected chi connectivity index (χ4v) is 1.36. The molecular weight excluding hydrogens is 266 g/mol. The maximum atomic E-state index is 12.6. The van der Waals surface area contributed by atoms with Crippen molar-refractivity contribution in [1.29, 1.82) is 0 Å². The van der Waals surface area contributed by atoms with Gasteiger partial charge in [-0.2, -0.15) is 26.3 Å². The van der Waals surface area contributed by atoms with Crippen molar-refractivity contribution in [3.63, 3.8) is 0 Å². The molecule has 0 atom stereocenters. The minimum atomic E-state index is -5.33. The van der Waals surface area contributed by atoms with Crippen LogP contribution in [-0.2, 0) is 12.4 Å². The maximum Gasteiger partial charge on any atom is 0.417 e. The summed E-state index contributed by atoms with van der Waals surface area (Å²) in [5.74, 6) is 3.18. The molecule has 9 heteroatoms. The highest BCUT2D eigenvalue weighted by Crippen LogP contribution is 2.41. The van der Waals surface area contributed by atoms with E-state index in [1.54, 1.807) is 0 Å². The van der Waals surface area contributed by atoms with Gasteiger partial charge in [-0.3, -0.25) is 10.2 Å². The van der Waals surface area contributed by atoms with E-state index in [0.29, 0.717) is 12.1 Å². The predicted molar refractivity (Wildman–Crippen MR) is 48.1 cm³/mol. The molecular formula is C9H6F6N2O. The van der Waals surface area contributed by atoms with Crippen molar-refractivity contribution in [2.45, 2.75) is 12.4 Å². The van der Waals surface area contributed by atoms with Crippen LogP contribution in [-0.4, -0.2) is 5.91 Å². The largest absolute Gasteiger partial charge is 0.417 e. The van der Waals surface area contributed by atoms with Gasteiger partial charge in [0.15, 0.2) is 0 Å². The molecule has 0 aliphatic heterocycles. The van der Waals surface area contributed by atoms with Crippen molar-refractivity contribution in [3.05, 3.63) is 34.9 Å². The van der Waals surface area contributed by atoms with E-state index in [1.807, 2.05) is 0 Å². The van der Waals surface area contributed by atoms with Gasteiger partial charge in [0.1, 0.15) is 0 Å². The summed E-state index contributed by atoms with van der Waals surface area (Å²) in [6.45, 7) is 0. The quantitative estimate of drug-likeness (QED) is 0.357. The summed E-state index contributed by atoms with van der Waals surface area (Å²) in [5.41, 5.74) is -3.80. The molecule has 0 aliphatic rings. The van der Waals surface area contributed by atoms with Crippen LogP contribution in [0.25, 0.3) is 0 Å². The Morgan fingerprint density at radius 3 is 2.00 bits per heavy atom. The molecule has 0 radical (unpaired) electrons.